The Morgan fingerprint density at radius 2 is 1.77 bits per heavy atom. The van der Waals surface area contributed by atoms with Crippen LogP contribution in [-0.4, -0.2) is 9.97 Å². The Morgan fingerprint density at radius 1 is 0.933 bits per heavy atom. The highest BCUT2D eigenvalue weighted by atomic mass is 79.9. The van der Waals surface area contributed by atoms with Crippen LogP contribution < -0.4 is 10.1 Å². The van der Waals surface area contributed by atoms with Gasteiger partial charge in [-0.3, -0.25) is 0 Å². The third-order valence-electron chi connectivity index (χ3n) is 4.45. The Labute approximate surface area is 196 Å². The molecule has 0 aliphatic rings. The molecule has 0 aliphatic carbocycles. The van der Waals surface area contributed by atoms with E-state index < -0.39 is 0 Å². The summed E-state index contributed by atoms with van der Waals surface area (Å²) >= 11 is 11.6. The highest BCUT2D eigenvalue weighted by Crippen LogP contribution is 2.37. The van der Waals surface area contributed by atoms with Gasteiger partial charge in [0.2, 0.25) is 0 Å². The molecule has 2 aromatic heterocycles. The number of hydrogen-bond donors (Lipinski definition) is 1. The summed E-state index contributed by atoms with van der Waals surface area (Å²) in [6.07, 6.45) is 1.55. The van der Waals surface area contributed by atoms with Crippen LogP contribution in [0.3, 0.4) is 0 Å². The summed E-state index contributed by atoms with van der Waals surface area (Å²) in [4.78, 5) is 8.65. The maximum atomic E-state index is 6.52. The molecule has 150 valence electrons. The first-order chi connectivity index (χ1) is 14.2. The number of hydrogen-bond acceptors (Lipinski definition) is 5. The minimum atomic E-state index is 0. The molecule has 0 spiro atoms. The fraction of sp³-hybridized carbons (Fsp3) is 0. The first-order valence-corrected chi connectivity index (χ1v) is 10.8. The first kappa shape index (κ1) is 20.9. The van der Waals surface area contributed by atoms with Crippen molar-refractivity contribution < 1.29 is 4.74 Å². The average Bonchev–Trinajstić information content (AvgIpc) is 3.11. The molecule has 2 heterocycles. The van der Waals surface area contributed by atoms with Crippen molar-refractivity contribution in [2.45, 2.75) is 0 Å². The van der Waals surface area contributed by atoms with Gasteiger partial charge in [0.05, 0.1) is 19.0 Å². The average molecular weight is 519 g/mol. The molecule has 0 fully saturated rings. The molecule has 0 saturated carbocycles. The van der Waals surface area contributed by atoms with Gasteiger partial charge in [0.1, 0.15) is 17.8 Å². The monoisotopic (exact) mass is 517 g/mol. The highest BCUT2D eigenvalue weighted by molar-refractivity contribution is 9.11. The molecule has 0 saturated heterocycles. The summed E-state index contributed by atoms with van der Waals surface area (Å²) in [5.74, 6) is 2.11. The van der Waals surface area contributed by atoms with Crippen molar-refractivity contribution in [3.05, 3.63) is 81.9 Å². The minimum Gasteiger partial charge on any atom is -0.455 e. The molecule has 0 bridgehead atoms. The maximum Gasteiger partial charge on any atom is 0.151 e. The summed E-state index contributed by atoms with van der Waals surface area (Å²) in [5, 5.41) is 6.00. The molecule has 0 atom stereocenters. The van der Waals surface area contributed by atoms with Crippen LogP contribution in [-0.2, 0) is 0 Å². The molecule has 3 aromatic carbocycles. The standard InChI is InChI=1S/C22H13BrClN3OS.ClH/c23-20-11-17-21(29-20)22(26-12-25-17)27-14-8-9-19(16(24)10-14)28-18-7-3-5-13-4-1-2-6-15(13)18;/h1-12H,(H,25,26,27);1H. The van der Waals surface area contributed by atoms with Gasteiger partial charge in [-0.05, 0) is 51.6 Å². The summed E-state index contributed by atoms with van der Waals surface area (Å²) in [5.41, 5.74) is 1.71. The highest BCUT2D eigenvalue weighted by Gasteiger charge is 2.11. The summed E-state index contributed by atoms with van der Waals surface area (Å²) in [6, 6.07) is 21.7. The Kier molecular flexibility index (Phi) is 6.11. The predicted molar refractivity (Wildman–Crippen MR) is 131 cm³/mol. The zero-order valence-electron chi connectivity index (χ0n) is 15.3. The van der Waals surface area contributed by atoms with Gasteiger partial charge in [-0.15, -0.1) is 23.7 Å². The van der Waals surface area contributed by atoms with Gasteiger partial charge >= 0.3 is 0 Å². The van der Waals surface area contributed by atoms with Crippen molar-refractivity contribution in [1.29, 1.82) is 0 Å². The molecule has 1 N–H and O–H groups in total. The summed E-state index contributed by atoms with van der Waals surface area (Å²) in [6.45, 7) is 0. The van der Waals surface area contributed by atoms with Crippen LogP contribution in [0.15, 0.2) is 76.8 Å². The van der Waals surface area contributed by atoms with Gasteiger partial charge in [-0.1, -0.05) is 48.0 Å². The van der Waals surface area contributed by atoms with E-state index in [1.165, 1.54) is 0 Å². The molecule has 0 amide bonds. The fourth-order valence-electron chi connectivity index (χ4n) is 3.12. The van der Waals surface area contributed by atoms with Crippen molar-refractivity contribution in [2.24, 2.45) is 0 Å². The Hall–Kier alpha value is -2.38. The number of halogens is 3. The second-order valence-corrected chi connectivity index (χ2v) is 9.18. The third-order valence-corrected chi connectivity index (χ3v) is 6.37. The van der Waals surface area contributed by atoms with Gasteiger partial charge in [0.25, 0.3) is 0 Å². The second kappa shape index (κ2) is 8.78. The van der Waals surface area contributed by atoms with E-state index in [2.05, 4.69) is 43.3 Å². The summed E-state index contributed by atoms with van der Waals surface area (Å²) < 4.78 is 8.10. The zero-order valence-corrected chi connectivity index (χ0v) is 19.3. The number of aromatic nitrogens is 2. The van der Waals surface area contributed by atoms with Crippen molar-refractivity contribution >= 4 is 83.8 Å². The topological polar surface area (TPSA) is 47.0 Å². The maximum absolute atomic E-state index is 6.52. The molecule has 8 heteroatoms. The van der Waals surface area contributed by atoms with E-state index in [1.54, 1.807) is 17.7 Å². The lowest BCUT2D eigenvalue weighted by Crippen LogP contribution is -1.95. The Balaban J connectivity index is 0.00000218. The van der Waals surface area contributed by atoms with E-state index in [0.29, 0.717) is 10.8 Å². The van der Waals surface area contributed by atoms with Crippen LogP contribution >= 0.6 is 51.3 Å². The van der Waals surface area contributed by atoms with E-state index in [9.17, 15) is 0 Å². The lowest BCUT2D eigenvalue weighted by atomic mass is 10.1. The van der Waals surface area contributed by atoms with Crippen LogP contribution in [0.2, 0.25) is 5.02 Å². The van der Waals surface area contributed by atoms with Crippen molar-refractivity contribution in [2.75, 3.05) is 5.32 Å². The molecular formula is C22H14BrCl2N3OS. The van der Waals surface area contributed by atoms with Crippen molar-refractivity contribution in [1.82, 2.24) is 9.97 Å². The molecule has 4 nitrogen and oxygen atoms in total. The summed E-state index contributed by atoms with van der Waals surface area (Å²) in [7, 11) is 0. The number of nitrogens with one attached hydrogen (secondary N) is 1. The third kappa shape index (κ3) is 4.09. The lowest BCUT2D eigenvalue weighted by Gasteiger charge is -2.12. The van der Waals surface area contributed by atoms with E-state index in [0.717, 1.165) is 42.0 Å². The minimum absolute atomic E-state index is 0. The molecular weight excluding hydrogens is 505 g/mol. The largest absolute Gasteiger partial charge is 0.455 e. The SMILES string of the molecule is Cl.Clc1cc(Nc2ncnc3cc(Br)sc23)ccc1Oc1cccc2ccccc12. The Bertz CT molecular complexity index is 1350. The zero-order chi connectivity index (χ0) is 19.8. The van der Waals surface area contributed by atoms with Crippen LogP contribution in [0.5, 0.6) is 11.5 Å². The lowest BCUT2D eigenvalue weighted by molar-refractivity contribution is 0.488. The van der Waals surface area contributed by atoms with Crippen LogP contribution in [0.4, 0.5) is 11.5 Å². The van der Waals surface area contributed by atoms with Crippen LogP contribution in [0, 0.1) is 0 Å². The van der Waals surface area contributed by atoms with Crippen LogP contribution in [0.25, 0.3) is 21.0 Å². The van der Waals surface area contributed by atoms with Crippen molar-refractivity contribution in [3.63, 3.8) is 0 Å². The van der Waals surface area contributed by atoms with Gasteiger partial charge < -0.3 is 10.1 Å². The molecule has 0 unspecified atom stereocenters. The van der Waals surface area contributed by atoms with E-state index in [1.807, 2.05) is 54.6 Å². The molecule has 0 aliphatic heterocycles. The normalized spacial score (nSPS) is 10.7. The first-order valence-electron chi connectivity index (χ1n) is 8.79. The van der Waals surface area contributed by atoms with E-state index in [-0.39, 0.29) is 12.4 Å². The van der Waals surface area contributed by atoms with Gasteiger partial charge in [0, 0.05) is 11.1 Å². The number of fused-ring (bicyclic) bond motifs is 2. The predicted octanol–water partition coefficient (Wildman–Crippen LogP) is 8.22. The number of anilines is 2. The number of rotatable bonds is 4. The van der Waals surface area contributed by atoms with Gasteiger partial charge in [0.15, 0.2) is 5.82 Å². The van der Waals surface area contributed by atoms with Crippen LogP contribution in [0.1, 0.15) is 0 Å². The van der Waals surface area contributed by atoms with E-state index >= 15 is 0 Å². The van der Waals surface area contributed by atoms with E-state index in [4.69, 9.17) is 16.3 Å². The second-order valence-electron chi connectivity index (χ2n) is 6.34. The van der Waals surface area contributed by atoms with Gasteiger partial charge in [-0.25, -0.2) is 9.97 Å². The molecule has 0 radical (unpaired) electrons. The number of nitrogens with zero attached hydrogens (tertiary/aromatic N) is 2. The smallest absolute Gasteiger partial charge is 0.151 e. The Morgan fingerprint density at radius 3 is 2.63 bits per heavy atom. The number of ether oxygens (including phenoxy) is 1. The quantitative estimate of drug-likeness (QED) is 0.260. The van der Waals surface area contributed by atoms with Crippen molar-refractivity contribution in [3.8, 4) is 11.5 Å². The molecule has 5 rings (SSSR count). The number of benzene rings is 3. The van der Waals surface area contributed by atoms with Gasteiger partial charge in [-0.2, -0.15) is 0 Å². The number of thiophene rings is 1. The molecule has 30 heavy (non-hydrogen) atoms. The fourth-order valence-corrected chi connectivity index (χ4v) is 4.82. The molecule has 5 aromatic rings.